The number of nitriles is 1. The molecule has 2 aromatic carbocycles. The molecule has 0 saturated heterocycles. The van der Waals surface area contributed by atoms with Crippen LogP contribution < -0.4 is 5.32 Å². The van der Waals surface area contributed by atoms with Crippen LogP contribution in [0.25, 0.3) is 27.9 Å². The zero-order valence-electron chi connectivity index (χ0n) is 14.5. The maximum atomic E-state index is 12.3. The van der Waals surface area contributed by atoms with E-state index in [1.165, 1.54) is 6.08 Å². The van der Waals surface area contributed by atoms with Crippen LogP contribution >= 0.6 is 0 Å². The number of aromatic nitrogens is 3. The zero-order valence-corrected chi connectivity index (χ0v) is 14.5. The fourth-order valence-electron chi connectivity index (χ4n) is 3.13. The van der Waals surface area contributed by atoms with Gasteiger partial charge in [0, 0.05) is 46.4 Å². The first-order valence-corrected chi connectivity index (χ1v) is 8.61. The number of benzene rings is 2. The van der Waals surface area contributed by atoms with Crippen molar-refractivity contribution < 1.29 is 4.79 Å². The predicted molar refractivity (Wildman–Crippen MR) is 106 cm³/mol. The average Bonchev–Trinajstić information content (AvgIpc) is 3.29. The van der Waals surface area contributed by atoms with Gasteiger partial charge in [0.1, 0.15) is 0 Å². The van der Waals surface area contributed by atoms with E-state index in [9.17, 15) is 4.79 Å². The molecule has 132 valence electrons. The number of anilines is 1. The lowest BCUT2D eigenvalue weighted by atomic mass is 10.1. The van der Waals surface area contributed by atoms with E-state index in [0.717, 1.165) is 33.1 Å². The minimum Gasteiger partial charge on any atom is -0.346 e. The van der Waals surface area contributed by atoms with Crippen LogP contribution in [0, 0.1) is 11.3 Å². The molecule has 2 aromatic heterocycles. The summed E-state index contributed by atoms with van der Waals surface area (Å²) in [5.41, 5.74) is 3.64. The van der Waals surface area contributed by atoms with Gasteiger partial charge >= 0.3 is 0 Å². The van der Waals surface area contributed by atoms with E-state index in [0.29, 0.717) is 13.0 Å². The Kier molecular flexibility index (Phi) is 4.42. The Morgan fingerprint density at radius 2 is 2.19 bits per heavy atom. The lowest BCUT2D eigenvalue weighted by molar-refractivity contribution is -0.111. The lowest BCUT2D eigenvalue weighted by Crippen LogP contribution is -2.07. The molecule has 0 aliphatic rings. The van der Waals surface area contributed by atoms with Gasteiger partial charge in [-0.15, -0.1) is 0 Å². The molecule has 0 bridgehead atoms. The largest absolute Gasteiger partial charge is 0.346 e. The number of hydrogen-bond acceptors (Lipinski definition) is 3. The van der Waals surface area contributed by atoms with Crippen molar-refractivity contribution in [3.8, 4) is 6.07 Å². The number of nitrogens with zero attached hydrogens (tertiary/aromatic N) is 3. The van der Waals surface area contributed by atoms with Crippen molar-refractivity contribution in [2.45, 2.75) is 13.0 Å². The molecule has 0 atom stereocenters. The number of H-pyrrole nitrogens is 1. The molecule has 6 nitrogen and oxygen atoms in total. The molecule has 1 amide bonds. The summed E-state index contributed by atoms with van der Waals surface area (Å²) in [6.07, 6.45) is 7.46. The van der Waals surface area contributed by atoms with Crippen LogP contribution in [-0.4, -0.2) is 20.7 Å². The summed E-state index contributed by atoms with van der Waals surface area (Å²) in [5, 5.41) is 20.6. The lowest BCUT2D eigenvalue weighted by Gasteiger charge is -2.01. The van der Waals surface area contributed by atoms with E-state index >= 15 is 0 Å². The summed E-state index contributed by atoms with van der Waals surface area (Å²) in [7, 11) is 0. The molecule has 0 radical (unpaired) electrons. The Balaban J connectivity index is 1.55. The van der Waals surface area contributed by atoms with Gasteiger partial charge in [0.05, 0.1) is 24.2 Å². The van der Waals surface area contributed by atoms with Crippen LogP contribution in [0.1, 0.15) is 12.0 Å². The molecule has 0 spiro atoms. The van der Waals surface area contributed by atoms with Crippen molar-refractivity contribution >= 4 is 39.5 Å². The molecular formula is C21H17N5O. The van der Waals surface area contributed by atoms with E-state index in [4.69, 9.17) is 5.26 Å². The topological polar surface area (TPSA) is 86.5 Å². The molecule has 0 aliphatic heterocycles. The second kappa shape index (κ2) is 7.18. The fraction of sp³-hybridized carbons (Fsp3) is 0.0952. The minimum atomic E-state index is -0.202. The van der Waals surface area contributed by atoms with Crippen molar-refractivity contribution in [2.75, 3.05) is 5.32 Å². The van der Waals surface area contributed by atoms with E-state index in [-0.39, 0.29) is 5.91 Å². The number of fused-ring (bicyclic) bond motifs is 2. The highest BCUT2D eigenvalue weighted by Crippen LogP contribution is 2.23. The van der Waals surface area contributed by atoms with Crippen LogP contribution in [0.15, 0.2) is 60.9 Å². The van der Waals surface area contributed by atoms with Gasteiger partial charge in [-0.05, 0) is 30.3 Å². The predicted octanol–water partition coefficient (Wildman–Crippen LogP) is 4.08. The highest BCUT2D eigenvalue weighted by molar-refractivity contribution is 6.04. The summed E-state index contributed by atoms with van der Waals surface area (Å²) >= 11 is 0. The van der Waals surface area contributed by atoms with E-state index in [1.807, 2.05) is 53.2 Å². The second-order valence-electron chi connectivity index (χ2n) is 6.20. The average molecular weight is 355 g/mol. The van der Waals surface area contributed by atoms with Gasteiger partial charge in [0.25, 0.3) is 0 Å². The van der Waals surface area contributed by atoms with Gasteiger partial charge < -0.3 is 9.88 Å². The van der Waals surface area contributed by atoms with Crippen LogP contribution in [0.2, 0.25) is 0 Å². The van der Waals surface area contributed by atoms with Gasteiger partial charge in [-0.1, -0.05) is 18.2 Å². The van der Waals surface area contributed by atoms with Crippen molar-refractivity contribution in [2.24, 2.45) is 0 Å². The Labute approximate surface area is 155 Å². The minimum absolute atomic E-state index is 0.202. The van der Waals surface area contributed by atoms with Crippen LogP contribution in [0.5, 0.6) is 0 Å². The maximum absolute atomic E-state index is 12.3. The number of aromatic amines is 1. The van der Waals surface area contributed by atoms with Crippen molar-refractivity contribution in [3.05, 3.63) is 66.5 Å². The van der Waals surface area contributed by atoms with Gasteiger partial charge in [-0.3, -0.25) is 9.89 Å². The first-order chi connectivity index (χ1) is 13.2. The second-order valence-corrected chi connectivity index (χ2v) is 6.20. The molecule has 2 heterocycles. The number of hydrogen-bond donors (Lipinski definition) is 2. The number of rotatable bonds is 5. The van der Waals surface area contributed by atoms with Crippen molar-refractivity contribution in [1.82, 2.24) is 14.8 Å². The Hall–Kier alpha value is -3.85. The summed E-state index contributed by atoms with van der Waals surface area (Å²) in [6, 6.07) is 15.7. The summed E-state index contributed by atoms with van der Waals surface area (Å²) in [5.74, 6) is -0.202. The molecule has 0 aliphatic carbocycles. The Morgan fingerprint density at radius 1 is 1.30 bits per heavy atom. The third-order valence-corrected chi connectivity index (χ3v) is 4.41. The highest BCUT2D eigenvalue weighted by Gasteiger charge is 2.06. The zero-order chi connectivity index (χ0) is 18.6. The SMILES string of the molecule is N#CCCn1cc(/C=C/C(=O)Nc2ccc3[nH]ncc3c2)c2ccccc21. The molecule has 4 aromatic rings. The van der Waals surface area contributed by atoms with E-state index < -0.39 is 0 Å². The molecule has 4 rings (SSSR count). The third kappa shape index (κ3) is 3.44. The molecule has 0 fully saturated rings. The number of aryl methyl sites for hydroxylation is 1. The van der Waals surface area contributed by atoms with Crippen LogP contribution in [0.4, 0.5) is 5.69 Å². The molecule has 27 heavy (non-hydrogen) atoms. The molecular weight excluding hydrogens is 338 g/mol. The summed E-state index contributed by atoms with van der Waals surface area (Å²) in [4.78, 5) is 12.3. The van der Waals surface area contributed by atoms with Crippen LogP contribution in [-0.2, 0) is 11.3 Å². The molecule has 2 N–H and O–H groups in total. The number of carbonyl (C=O) groups is 1. The van der Waals surface area contributed by atoms with Gasteiger partial charge in [-0.25, -0.2) is 0 Å². The third-order valence-electron chi connectivity index (χ3n) is 4.41. The van der Waals surface area contributed by atoms with Crippen LogP contribution in [0.3, 0.4) is 0 Å². The first kappa shape index (κ1) is 16.6. The number of nitrogens with one attached hydrogen (secondary N) is 2. The molecule has 0 saturated carbocycles. The summed E-state index contributed by atoms with van der Waals surface area (Å²) < 4.78 is 2.04. The van der Waals surface area contributed by atoms with Crippen molar-refractivity contribution in [1.29, 1.82) is 5.26 Å². The standard InChI is InChI=1S/C21H17N5O/c22-10-3-11-26-14-15(18-4-1-2-5-20(18)26)6-9-21(27)24-17-7-8-19-16(12-17)13-23-25-19/h1-2,4-9,12-14H,3,11H2,(H,23,25)(H,24,27)/b9-6+. The first-order valence-electron chi connectivity index (χ1n) is 8.61. The summed E-state index contributed by atoms with van der Waals surface area (Å²) in [6.45, 7) is 0.627. The van der Waals surface area contributed by atoms with E-state index in [1.54, 1.807) is 12.3 Å². The fourth-order valence-corrected chi connectivity index (χ4v) is 3.13. The Bertz CT molecular complexity index is 1190. The molecule has 6 heteroatoms. The van der Waals surface area contributed by atoms with E-state index in [2.05, 4.69) is 21.6 Å². The van der Waals surface area contributed by atoms with Gasteiger partial charge in [0.2, 0.25) is 5.91 Å². The smallest absolute Gasteiger partial charge is 0.248 e. The van der Waals surface area contributed by atoms with Crippen molar-refractivity contribution in [3.63, 3.8) is 0 Å². The number of para-hydroxylation sites is 1. The molecule has 0 unspecified atom stereocenters. The number of carbonyl (C=O) groups excluding carboxylic acids is 1. The van der Waals surface area contributed by atoms with Gasteiger partial charge in [0.15, 0.2) is 0 Å². The number of amides is 1. The highest BCUT2D eigenvalue weighted by atomic mass is 16.1. The van der Waals surface area contributed by atoms with Gasteiger partial charge in [-0.2, -0.15) is 10.4 Å². The monoisotopic (exact) mass is 355 g/mol. The maximum Gasteiger partial charge on any atom is 0.248 e. The quantitative estimate of drug-likeness (QED) is 0.529. The normalized spacial score (nSPS) is 11.2. The Morgan fingerprint density at radius 3 is 3.07 bits per heavy atom.